The highest BCUT2D eigenvalue weighted by atomic mass is 16.5. The first-order valence-electron chi connectivity index (χ1n) is 13.1. The molecule has 0 aromatic heterocycles. The smallest absolute Gasteiger partial charge is 0.260 e. The van der Waals surface area contributed by atoms with Gasteiger partial charge in [0.25, 0.3) is 6.71 Å². The maximum Gasteiger partial charge on any atom is 0.260 e. The molecule has 0 spiro atoms. The molecule has 2 bridgehead atoms. The van der Waals surface area contributed by atoms with Gasteiger partial charge in [-0.15, -0.1) is 0 Å². The van der Waals surface area contributed by atoms with Crippen molar-refractivity contribution in [2.24, 2.45) is 5.92 Å². The van der Waals surface area contributed by atoms with Gasteiger partial charge in [-0.05, 0) is 103 Å². The number of fused-ring (bicyclic) bond motifs is 7. The number of aryl methyl sites for hydroxylation is 1. The van der Waals surface area contributed by atoms with Crippen LogP contribution in [0, 0.1) is 12.8 Å². The highest BCUT2D eigenvalue weighted by Crippen LogP contribution is 2.52. The summed E-state index contributed by atoms with van der Waals surface area (Å²) in [6.45, 7) is 1.63. The molecule has 2 nitrogen and oxygen atoms in total. The predicted octanol–water partition coefficient (Wildman–Crippen LogP) is 4.94. The van der Waals surface area contributed by atoms with Crippen molar-refractivity contribution in [3.8, 4) is 23.0 Å². The molecule has 0 amide bonds. The highest BCUT2D eigenvalue weighted by Gasteiger charge is 2.44. The molecule has 3 aromatic carbocycles. The van der Waals surface area contributed by atoms with E-state index in [1.165, 1.54) is 44.1 Å². The van der Waals surface area contributed by atoms with Crippen molar-refractivity contribution in [1.29, 1.82) is 0 Å². The van der Waals surface area contributed by atoms with E-state index in [-0.39, 0.29) is 42.0 Å². The van der Waals surface area contributed by atoms with Gasteiger partial charge in [0.05, 0.1) is 5.48 Å². The summed E-state index contributed by atoms with van der Waals surface area (Å²) in [5.74, 6) is 3.25. The van der Waals surface area contributed by atoms with Crippen LogP contribution in [0.4, 0.5) is 0 Å². The van der Waals surface area contributed by atoms with E-state index in [4.69, 9.17) is 15.0 Å². The summed E-state index contributed by atoms with van der Waals surface area (Å²) in [7, 11) is 0. The molecule has 0 atom stereocenters. The third-order valence-corrected chi connectivity index (χ3v) is 7.97. The minimum absolute atomic E-state index is 0.0423. The molecule has 0 saturated heterocycles. The van der Waals surface area contributed by atoms with Crippen molar-refractivity contribution in [2.45, 2.75) is 50.9 Å². The Kier molecular flexibility index (Phi) is 2.69. The summed E-state index contributed by atoms with van der Waals surface area (Å²) in [6, 6.07) is 9.85. The summed E-state index contributed by atoms with van der Waals surface area (Å²) in [5, 5.41) is 0. The summed E-state index contributed by atoms with van der Waals surface area (Å²) < 4.78 is 46.3. The van der Waals surface area contributed by atoms with E-state index in [1.807, 2.05) is 19.1 Å². The summed E-state index contributed by atoms with van der Waals surface area (Å²) >= 11 is 0. The van der Waals surface area contributed by atoms with E-state index in [2.05, 4.69) is 18.2 Å². The van der Waals surface area contributed by atoms with Crippen LogP contribution in [0.15, 0.2) is 54.5 Å². The second-order valence-electron chi connectivity index (χ2n) is 9.57. The zero-order valence-electron chi connectivity index (χ0n) is 21.1. The summed E-state index contributed by atoms with van der Waals surface area (Å²) in [6.07, 6.45) is 7.66. The van der Waals surface area contributed by atoms with E-state index >= 15 is 0 Å². The van der Waals surface area contributed by atoms with Crippen molar-refractivity contribution < 1.29 is 15.0 Å². The minimum Gasteiger partial charge on any atom is -0.458 e. The highest BCUT2D eigenvalue weighted by molar-refractivity contribution is 6.98. The van der Waals surface area contributed by atoms with Crippen LogP contribution in [-0.4, -0.2) is 6.71 Å². The number of ether oxygens (including phenoxy) is 2. The Balaban J connectivity index is 1.46. The Morgan fingerprint density at radius 2 is 1.57 bits per heavy atom. The number of hydrogen-bond acceptors (Lipinski definition) is 2. The largest absolute Gasteiger partial charge is 0.458 e. The first kappa shape index (κ1) is 13.6. The average molecular weight is 396 g/mol. The fourth-order valence-corrected chi connectivity index (χ4v) is 6.34. The number of rotatable bonds is 1. The molecule has 0 radical (unpaired) electrons. The quantitative estimate of drug-likeness (QED) is 0.374. The molecule has 3 saturated carbocycles. The molecule has 0 N–H and O–H groups in total. The van der Waals surface area contributed by atoms with Gasteiger partial charge in [0, 0.05) is 5.46 Å². The topological polar surface area (TPSA) is 18.5 Å². The average Bonchev–Trinajstić information content (AvgIpc) is 2.86. The molecular formula is C27H25BO2. The van der Waals surface area contributed by atoms with E-state index < -0.39 is 0 Å². The van der Waals surface area contributed by atoms with Gasteiger partial charge >= 0.3 is 0 Å². The fraction of sp³-hybridized carbons (Fsp3) is 0.333. The van der Waals surface area contributed by atoms with Crippen molar-refractivity contribution in [3.05, 3.63) is 65.6 Å². The second kappa shape index (κ2) is 5.94. The molecule has 3 fully saturated rings. The number of para-hydroxylation sites is 1. The molecule has 5 aliphatic rings. The molecule has 30 heavy (non-hydrogen) atoms. The van der Waals surface area contributed by atoms with Crippen LogP contribution in [0.25, 0.3) is 0 Å². The molecule has 3 heteroatoms. The van der Waals surface area contributed by atoms with Gasteiger partial charge in [0.2, 0.25) is 0 Å². The van der Waals surface area contributed by atoms with E-state index in [0.29, 0.717) is 17.0 Å². The van der Waals surface area contributed by atoms with Gasteiger partial charge in [-0.3, -0.25) is 0 Å². The molecule has 0 unspecified atom stereocenters. The first-order valence-corrected chi connectivity index (χ1v) is 11.1. The SMILES string of the molecule is [2H]c1c([2H])c([2H])c2c(c1[2H])Oc1cc(C)cc3c1B2c1ccc(C24CCC(CC2)CC4)cc1O3. The number of hydrogen-bond donors (Lipinski definition) is 0. The summed E-state index contributed by atoms with van der Waals surface area (Å²) in [4.78, 5) is 0. The summed E-state index contributed by atoms with van der Waals surface area (Å²) in [5.41, 5.74) is 4.86. The zero-order chi connectivity index (χ0) is 23.4. The molecule has 3 aromatic rings. The van der Waals surface area contributed by atoms with Crippen molar-refractivity contribution >= 4 is 23.1 Å². The lowest BCUT2D eigenvalue weighted by Gasteiger charge is -2.47. The van der Waals surface area contributed by atoms with Crippen molar-refractivity contribution in [2.75, 3.05) is 0 Å². The van der Waals surface area contributed by atoms with E-state index in [1.54, 1.807) is 0 Å². The van der Waals surface area contributed by atoms with E-state index in [0.717, 1.165) is 28.2 Å². The van der Waals surface area contributed by atoms with Crippen LogP contribution >= 0.6 is 0 Å². The van der Waals surface area contributed by atoms with Crippen LogP contribution in [-0.2, 0) is 5.41 Å². The predicted molar refractivity (Wildman–Crippen MR) is 122 cm³/mol. The normalized spacial score (nSPS) is 26.8. The third kappa shape index (κ3) is 2.27. The molecule has 3 aliphatic carbocycles. The van der Waals surface area contributed by atoms with Crippen LogP contribution < -0.4 is 25.9 Å². The molecule has 8 rings (SSSR count). The maximum atomic E-state index is 8.72. The van der Waals surface area contributed by atoms with Gasteiger partial charge in [-0.25, -0.2) is 0 Å². The number of benzene rings is 3. The van der Waals surface area contributed by atoms with E-state index in [9.17, 15) is 0 Å². The van der Waals surface area contributed by atoms with Crippen molar-refractivity contribution in [3.63, 3.8) is 0 Å². The third-order valence-electron chi connectivity index (χ3n) is 7.97. The lowest BCUT2D eigenvalue weighted by atomic mass is 9.34. The van der Waals surface area contributed by atoms with Gasteiger partial charge in [0.1, 0.15) is 23.0 Å². The lowest BCUT2D eigenvalue weighted by molar-refractivity contribution is 0.136. The lowest BCUT2D eigenvalue weighted by Crippen LogP contribution is -2.57. The fourth-order valence-electron chi connectivity index (χ4n) is 6.34. The Bertz CT molecular complexity index is 1380. The maximum absolute atomic E-state index is 8.72. The van der Waals surface area contributed by atoms with Crippen LogP contribution in [0.5, 0.6) is 23.0 Å². The Labute approximate surface area is 183 Å². The standard InChI is InChI=1S/C27H25BO2/c1-17-14-24-26-25(15-17)30-23-16-19(27-11-8-18(9-12-27)10-13-27)6-7-21(23)28(26)20-4-2-3-5-22(20)29-24/h2-7,14-16,18H,8-13H2,1H3/i2D,3D,4D,5D. The molecule has 2 heterocycles. The van der Waals surface area contributed by atoms with Gasteiger partial charge in [-0.1, -0.05) is 30.3 Å². The molecular weight excluding hydrogens is 367 g/mol. The Morgan fingerprint density at radius 1 is 0.867 bits per heavy atom. The monoisotopic (exact) mass is 396 g/mol. The minimum atomic E-state index is -0.354. The Hall–Kier alpha value is -2.68. The van der Waals surface area contributed by atoms with Gasteiger partial charge in [0.15, 0.2) is 0 Å². The van der Waals surface area contributed by atoms with Crippen LogP contribution in [0.2, 0.25) is 0 Å². The molecule has 2 aliphatic heterocycles. The second-order valence-corrected chi connectivity index (χ2v) is 9.57. The van der Waals surface area contributed by atoms with Crippen LogP contribution in [0.3, 0.4) is 0 Å². The van der Waals surface area contributed by atoms with Crippen molar-refractivity contribution in [1.82, 2.24) is 0 Å². The van der Waals surface area contributed by atoms with Crippen LogP contribution in [0.1, 0.15) is 55.1 Å². The first-order chi connectivity index (χ1) is 16.4. The zero-order valence-corrected chi connectivity index (χ0v) is 17.1. The van der Waals surface area contributed by atoms with Gasteiger partial charge in [-0.2, -0.15) is 0 Å². The van der Waals surface area contributed by atoms with Gasteiger partial charge < -0.3 is 9.47 Å². The Morgan fingerprint density at radius 3 is 2.33 bits per heavy atom. The molecule has 148 valence electrons.